The van der Waals surface area contributed by atoms with Gasteiger partial charge in [0.05, 0.1) is 10.0 Å². The van der Waals surface area contributed by atoms with E-state index in [0.717, 1.165) is 44.6 Å². The average molecular weight is 422 g/mol. The summed E-state index contributed by atoms with van der Waals surface area (Å²) in [6, 6.07) is 11.3. The van der Waals surface area contributed by atoms with Gasteiger partial charge in [-0.2, -0.15) is 0 Å². The first-order valence-corrected chi connectivity index (χ1v) is 10.2. The van der Waals surface area contributed by atoms with E-state index < -0.39 is 0 Å². The van der Waals surface area contributed by atoms with Crippen LogP contribution in [0.4, 0.5) is 0 Å². The van der Waals surface area contributed by atoms with Crippen LogP contribution in [0.3, 0.4) is 0 Å². The van der Waals surface area contributed by atoms with Gasteiger partial charge in [0, 0.05) is 57.1 Å². The number of benzene rings is 1. The predicted molar refractivity (Wildman–Crippen MR) is 112 cm³/mol. The number of hydrogen-bond donors (Lipinski definition) is 0. The second kappa shape index (κ2) is 10.1. The number of rotatable bonds is 7. The van der Waals surface area contributed by atoms with Crippen LogP contribution in [0.2, 0.25) is 10.0 Å². The zero-order chi connectivity index (χ0) is 19.9. The lowest BCUT2D eigenvalue weighted by Crippen LogP contribution is -2.47. The Labute approximate surface area is 176 Å². The third kappa shape index (κ3) is 5.84. The van der Waals surface area contributed by atoms with Gasteiger partial charge in [-0.25, -0.2) is 0 Å². The Morgan fingerprint density at radius 3 is 2.68 bits per heavy atom. The minimum Gasteiger partial charge on any atom is -0.484 e. The molecular weight excluding hydrogens is 397 g/mol. The highest BCUT2D eigenvalue weighted by Gasteiger charge is 2.25. The predicted octanol–water partition coefficient (Wildman–Crippen LogP) is 3.93. The van der Waals surface area contributed by atoms with E-state index in [9.17, 15) is 4.79 Å². The van der Waals surface area contributed by atoms with Crippen molar-refractivity contribution < 1.29 is 9.53 Å². The lowest BCUT2D eigenvalue weighted by Gasteiger charge is -2.36. The summed E-state index contributed by atoms with van der Waals surface area (Å²) >= 11 is 11.9. The van der Waals surface area contributed by atoms with Crippen LogP contribution in [-0.4, -0.2) is 60.0 Å². The van der Waals surface area contributed by atoms with Gasteiger partial charge in [0.2, 0.25) is 0 Å². The first kappa shape index (κ1) is 20.9. The van der Waals surface area contributed by atoms with E-state index in [0.29, 0.717) is 15.8 Å². The molecule has 1 aliphatic heterocycles. The number of ether oxygens (including phenoxy) is 1. The Morgan fingerprint density at radius 1 is 1.21 bits per heavy atom. The minimum atomic E-state index is -0.0296. The molecule has 2 heterocycles. The van der Waals surface area contributed by atoms with Crippen LogP contribution < -0.4 is 4.74 Å². The number of likely N-dealkylation sites (N-methyl/N-ethyl adjacent to an activating group) is 1. The van der Waals surface area contributed by atoms with Crippen molar-refractivity contribution >= 4 is 29.1 Å². The molecule has 1 aliphatic rings. The lowest BCUT2D eigenvalue weighted by atomic mass is 10.0. The molecule has 0 spiro atoms. The van der Waals surface area contributed by atoms with E-state index in [1.54, 1.807) is 18.2 Å². The van der Waals surface area contributed by atoms with Crippen LogP contribution >= 0.6 is 23.2 Å². The first-order chi connectivity index (χ1) is 13.5. The van der Waals surface area contributed by atoms with Crippen LogP contribution in [0.15, 0.2) is 42.6 Å². The molecule has 7 heteroatoms. The molecule has 0 radical (unpaired) electrons. The van der Waals surface area contributed by atoms with E-state index >= 15 is 0 Å². The van der Waals surface area contributed by atoms with Crippen molar-refractivity contribution in [3.05, 3.63) is 58.3 Å². The standard InChI is InChI=1S/C21H25Cl2N3O2/c1-25(21(27)15-28-18-5-6-19(22)20(23)14-18)17-8-12-26(13-9-17)11-7-16-4-2-3-10-24-16/h2-6,10,14,17H,7-9,11-13,15H2,1H3. The van der Waals surface area contributed by atoms with Crippen LogP contribution in [-0.2, 0) is 11.2 Å². The highest BCUT2D eigenvalue weighted by atomic mass is 35.5. The number of hydrogen-bond acceptors (Lipinski definition) is 4. The second-order valence-electron chi connectivity index (χ2n) is 7.01. The molecule has 2 aromatic rings. The molecular formula is C21H25Cl2N3O2. The van der Waals surface area contributed by atoms with Gasteiger partial charge in [0.25, 0.3) is 5.91 Å². The number of pyridine rings is 1. The van der Waals surface area contributed by atoms with E-state index in [4.69, 9.17) is 27.9 Å². The summed E-state index contributed by atoms with van der Waals surface area (Å²) in [5.41, 5.74) is 1.12. The molecule has 1 saturated heterocycles. The number of nitrogens with zero attached hydrogens (tertiary/aromatic N) is 3. The summed E-state index contributed by atoms with van der Waals surface area (Å²) in [6.45, 7) is 2.97. The second-order valence-corrected chi connectivity index (χ2v) is 7.83. The number of amides is 1. The quantitative estimate of drug-likeness (QED) is 0.679. The molecule has 150 valence electrons. The normalized spacial score (nSPS) is 15.4. The van der Waals surface area contributed by atoms with Crippen molar-refractivity contribution in [2.75, 3.05) is 33.3 Å². The highest BCUT2D eigenvalue weighted by Crippen LogP contribution is 2.26. The number of carbonyl (C=O) groups is 1. The third-order valence-electron chi connectivity index (χ3n) is 5.16. The monoisotopic (exact) mass is 421 g/mol. The van der Waals surface area contributed by atoms with Crippen molar-refractivity contribution in [1.29, 1.82) is 0 Å². The molecule has 0 aliphatic carbocycles. The molecule has 0 unspecified atom stereocenters. The molecule has 1 amide bonds. The number of halogens is 2. The molecule has 0 bridgehead atoms. The van der Waals surface area contributed by atoms with Crippen molar-refractivity contribution in [2.24, 2.45) is 0 Å². The summed E-state index contributed by atoms with van der Waals surface area (Å²) in [6.07, 6.45) is 4.73. The maximum Gasteiger partial charge on any atom is 0.260 e. The molecule has 3 rings (SSSR count). The molecule has 0 atom stereocenters. The Kier molecular flexibility index (Phi) is 7.54. The highest BCUT2D eigenvalue weighted by molar-refractivity contribution is 6.42. The van der Waals surface area contributed by atoms with E-state index in [1.807, 2.05) is 30.3 Å². The molecule has 0 N–H and O–H groups in total. The zero-order valence-corrected chi connectivity index (χ0v) is 17.5. The average Bonchev–Trinajstić information content (AvgIpc) is 2.73. The smallest absolute Gasteiger partial charge is 0.260 e. The Hall–Kier alpha value is -1.82. The summed E-state index contributed by atoms with van der Waals surface area (Å²) in [5, 5.41) is 0.880. The number of carbonyl (C=O) groups excluding carboxylic acids is 1. The van der Waals surface area contributed by atoms with Gasteiger partial charge in [-0.05, 0) is 37.1 Å². The molecule has 1 fully saturated rings. The third-order valence-corrected chi connectivity index (χ3v) is 5.90. The van der Waals surface area contributed by atoms with Gasteiger partial charge in [0.15, 0.2) is 6.61 Å². The van der Waals surface area contributed by atoms with E-state index in [-0.39, 0.29) is 18.6 Å². The summed E-state index contributed by atoms with van der Waals surface area (Å²) < 4.78 is 5.57. The Bertz CT molecular complexity index is 780. The topological polar surface area (TPSA) is 45.7 Å². The number of aromatic nitrogens is 1. The number of piperidine rings is 1. The van der Waals surface area contributed by atoms with Gasteiger partial charge in [-0.1, -0.05) is 29.3 Å². The Balaban J connectivity index is 1.40. The maximum absolute atomic E-state index is 12.5. The fourth-order valence-corrected chi connectivity index (χ4v) is 3.65. The summed E-state index contributed by atoms with van der Waals surface area (Å²) in [7, 11) is 1.86. The maximum atomic E-state index is 12.5. The lowest BCUT2D eigenvalue weighted by molar-refractivity contribution is -0.135. The van der Waals surface area contributed by atoms with Crippen LogP contribution in [0.1, 0.15) is 18.5 Å². The van der Waals surface area contributed by atoms with Gasteiger partial charge in [0.1, 0.15) is 5.75 Å². The van der Waals surface area contributed by atoms with Gasteiger partial charge < -0.3 is 14.5 Å². The van der Waals surface area contributed by atoms with Crippen LogP contribution in [0.25, 0.3) is 0 Å². The van der Waals surface area contributed by atoms with E-state index in [2.05, 4.69) is 16.0 Å². The minimum absolute atomic E-state index is 0.00560. The van der Waals surface area contributed by atoms with Crippen molar-refractivity contribution in [2.45, 2.75) is 25.3 Å². The fourth-order valence-electron chi connectivity index (χ4n) is 3.37. The molecule has 1 aromatic heterocycles. The van der Waals surface area contributed by atoms with Crippen LogP contribution in [0, 0.1) is 0 Å². The van der Waals surface area contributed by atoms with Crippen molar-refractivity contribution in [3.63, 3.8) is 0 Å². The summed E-state index contributed by atoms with van der Waals surface area (Å²) in [5.74, 6) is 0.512. The SMILES string of the molecule is CN(C(=O)COc1ccc(Cl)c(Cl)c1)C1CCN(CCc2ccccn2)CC1. The van der Waals surface area contributed by atoms with Gasteiger partial charge in [-0.15, -0.1) is 0 Å². The molecule has 5 nitrogen and oxygen atoms in total. The number of likely N-dealkylation sites (tertiary alicyclic amines) is 1. The first-order valence-electron chi connectivity index (χ1n) is 9.48. The van der Waals surface area contributed by atoms with Crippen molar-refractivity contribution in [1.82, 2.24) is 14.8 Å². The van der Waals surface area contributed by atoms with Gasteiger partial charge >= 0.3 is 0 Å². The zero-order valence-electron chi connectivity index (χ0n) is 16.0. The molecule has 1 aromatic carbocycles. The Morgan fingerprint density at radius 2 is 2.00 bits per heavy atom. The largest absolute Gasteiger partial charge is 0.484 e. The molecule has 0 saturated carbocycles. The fraction of sp³-hybridized carbons (Fsp3) is 0.429. The summed E-state index contributed by atoms with van der Waals surface area (Å²) in [4.78, 5) is 21.1. The van der Waals surface area contributed by atoms with Gasteiger partial charge in [-0.3, -0.25) is 9.78 Å². The van der Waals surface area contributed by atoms with Crippen LogP contribution in [0.5, 0.6) is 5.75 Å². The molecule has 28 heavy (non-hydrogen) atoms. The van der Waals surface area contributed by atoms with E-state index in [1.165, 1.54) is 0 Å². The van der Waals surface area contributed by atoms with Crippen molar-refractivity contribution in [3.8, 4) is 5.75 Å².